The fourth-order valence-electron chi connectivity index (χ4n) is 2.22. The average molecular weight is 288 g/mol. The summed E-state index contributed by atoms with van der Waals surface area (Å²) in [5.74, 6) is -2.77. The number of anilines is 2. The Bertz CT molecular complexity index is 746. The quantitative estimate of drug-likeness (QED) is 0.876. The van der Waals surface area contributed by atoms with Gasteiger partial charge in [0.25, 0.3) is 5.91 Å². The zero-order chi connectivity index (χ0) is 15.0. The van der Waals surface area contributed by atoms with Gasteiger partial charge in [-0.15, -0.1) is 0 Å². The van der Waals surface area contributed by atoms with Crippen molar-refractivity contribution in [1.29, 1.82) is 0 Å². The Kier molecular flexibility index (Phi) is 3.13. The molecule has 0 aliphatic carbocycles. The van der Waals surface area contributed by atoms with E-state index in [0.29, 0.717) is 17.4 Å². The lowest BCUT2D eigenvalue weighted by Crippen LogP contribution is -2.42. The van der Waals surface area contributed by atoms with E-state index in [9.17, 15) is 18.4 Å². The highest BCUT2D eigenvalue weighted by atomic mass is 19.1. The molecule has 2 aromatic carbocycles. The summed E-state index contributed by atoms with van der Waals surface area (Å²) in [6.45, 7) is -0.216. The van der Waals surface area contributed by atoms with Gasteiger partial charge in [-0.05, 0) is 24.3 Å². The zero-order valence-electron chi connectivity index (χ0n) is 10.8. The summed E-state index contributed by atoms with van der Waals surface area (Å²) in [4.78, 5) is 25.2. The Balaban J connectivity index is 2.04. The summed E-state index contributed by atoms with van der Waals surface area (Å²) in [6.07, 6.45) is 0. The normalized spacial score (nSPS) is 13.6. The lowest BCUT2D eigenvalue weighted by atomic mass is 10.1. The van der Waals surface area contributed by atoms with Crippen molar-refractivity contribution in [3.63, 3.8) is 0 Å². The number of benzene rings is 2. The van der Waals surface area contributed by atoms with Gasteiger partial charge in [0.1, 0.15) is 18.2 Å². The fraction of sp³-hybridized carbons (Fsp3) is 0.0667. The van der Waals surface area contributed by atoms with Crippen LogP contribution in [0.3, 0.4) is 0 Å². The van der Waals surface area contributed by atoms with Gasteiger partial charge in [0.05, 0.1) is 16.9 Å². The van der Waals surface area contributed by atoms with E-state index >= 15 is 0 Å². The number of para-hydroxylation sites is 2. The van der Waals surface area contributed by atoms with Gasteiger partial charge in [-0.2, -0.15) is 0 Å². The number of rotatable bonds is 1. The van der Waals surface area contributed by atoms with Crippen LogP contribution >= 0.6 is 0 Å². The summed E-state index contributed by atoms with van der Waals surface area (Å²) in [6, 6.07) is 9.43. The number of halogens is 2. The van der Waals surface area contributed by atoms with Crippen LogP contribution < -0.4 is 10.2 Å². The van der Waals surface area contributed by atoms with Crippen LogP contribution in [0.25, 0.3) is 0 Å². The molecule has 0 aromatic heterocycles. The molecule has 0 radical (unpaired) electrons. The number of hydrogen-bond acceptors (Lipinski definition) is 2. The van der Waals surface area contributed by atoms with Gasteiger partial charge >= 0.3 is 0 Å². The average Bonchev–Trinajstić information content (AvgIpc) is 2.45. The van der Waals surface area contributed by atoms with E-state index in [0.717, 1.165) is 12.1 Å². The van der Waals surface area contributed by atoms with Gasteiger partial charge in [-0.25, -0.2) is 8.78 Å². The van der Waals surface area contributed by atoms with Gasteiger partial charge < -0.3 is 5.32 Å². The Morgan fingerprint density at radius 3 is 2.67 bits per heavy atom. The molecule has 3 rings (SSSR count). The van der Waals surface area contributed by atoms with Gasteiger partial charge in [0.2, 0.25) is 5.91 Å². The summed E-state index contributed by atoms with van der Waals surface area (Å²) in [7, 11) is 0. The Labute approximate surface area is 119 Å². The van der Waals surface area contributed by atoms with E-state index in [1.54, 1.807) is 24.3 Å². The third-order valence-electron chi connectivity index (χ3n) is 3.18. The Morgan fingerprint density at radius 1 is 1.14 bits per heavy atom. The molecule has 21 heavy (non-hydrogen) atoms. The number of carbonyl (C=O) groups excluding carboxylic acids is 2. The number of nitrogens with zero attached hydrogens (tertiary/aromatic N) is 1. The summed E-state index contributed by atoms with van der Waals surface area (Å²) in [5, 5.41) is 2.63. The molecular weight excluding hydrogens is 278 g/mol. The first-order valence-electron chi connectivity index (χ1n) is 6.22. The summed E-state index contributed by atoms with van der Waals surface area (Å²) in [5.41, 5.74) is 0.677. The maximum Gasteiger partial charge on any atom is 0.261 e. The van der Waals surface area contributed by atoms with Crippen LogP contribution in [0.1, 0.15) is 10.4 Å². The molecule has 1 heterocycles. The lowest BCUT2D eigenvalue weighted by molar-refractivity contribution is -0.115. The number of amides is 2. The largest absolute Gasteiger partial charge is 0.323 e. The first kappa shape index (κ1) is 13.2. The van der Waals surface area contributed by atoms with Crippen molar-refractivity contribution in [1.82, 2.24) is 0 Å². The topological polar surface area (TPSA) is 49.4 Å². The first-order chi connectivity index (χ1) is 10.1. The molecule has 106 valence electrons. The van der Waals surface area contributed by atoms with Crippen LogP contribution in [-0.4, -0.2) is 18.4 Å². The minimum atomic E-state index is -0.955. The predicted octanol–water partition coefficient (Wildman–Crippen LogP) is 2.56. The van der Waals surface area contributed by atoms with Gasteiger partial charge in [0.15, 0.2) is 0 Å². The standard InChI is InChI=1S/C15H10F2N2O2/c16-9-5-6-10(11(17)7-9)15(21)19-8-14(20)18-12-3-1-2-4-13(12)19/h1-7H,8H2,(H,18,20). The maximum absolute atomic E-state index is 13.7. The minimum Gasteiger partial charge on any atom is -0.323 e. The zero-order valence-corrected chi connectivity index (χ0v) is 10.8. The number of hydrogen-bond donors (Lipinski definition) is 1. The molecule has 0 unspecified atom stereocenters. The molecule has 0 fully saturated rings. The van der Waals surface area contributed by atoms with Crippen molar-refractivity contribution in [2.24, 2.45) is 0 Å². The van der Waals surface area contributed by atoms with Gasteiger partial charge in [0, 0.05) is 6.07 Å². The van der Waals surface area contributed by atoms with E-state index in [1.165, 1.54) is 4.90 Å². The van der Waals surface area contributed by atoms with Crippen LogP contribution in [0.2, 0.25) is 0 Å². The second kappa shape index (κ2) is 4.97. The highest BCUT2D eigenvalue weighted by Gasteiger charge is 2.28. The fourth-order valence-corrected chi connectivity index (χ4v) is 2.22. The third-order valence-corrected chi connectivity index (χ3v) is 3.18. The van der Waals surface area contributed by atoms with Crippen LogP contribution in [-0.2, 0) is 4.79 Å². The molecule has 0 atom stereocenters. The molecule has 4 nitrogen and oxygen atoms in total. The van der Waals surface area contributed by atoms with E-state index in [2.05, 4.69) is 5.32 Å². The SMILES string of the molecule is O=C1CN(C(=O)c2ccc(F)cc2F)c2ccccc2N1. The van der Waals surface area contributed by atoms with E-state index in [-0.39, 0.29) is 18.0 Å². The van der Waals surface area contributed by atoms with Crippen molar-refractivity contribution < 1.29 is 18.4 Å². The number of carbonyl (C=O) groups is 2. The van der Waals surface area contributed by atoms with Crippen LogP contribution in [0.5, 0.6) is 0 Å². The molecule has 1 aliphatic rings. The van der Waals surface area contributed by atoms with E-state index < -0.39 is 17.5 Å². The van der Waals surface area contributed by atoms with Crippen LogP contribution in [0.15, 0.2) is 42.5 Å². The van der Waals surface area contributed by atoms with E-state index in [1.807, 2.05) is 0 Å². The molecule has 0 saturated carbocycles. The molecule has 1 N–H and O–H groups in total. The van der Waals surface area contributed by atoms with Gasteiger partial charge in [-0.3, -0.25) is 14.5 Å². The summed E-state index contributed by atoms with van der Waals surface area (Å²) >= 11 is 0. The second-order valence-corrected chi connectivity index (χ2v) is 4.58. The van der Waals surface area contributed by atoms with Crippen molar-refractivity contribution in [2.45, 2.75) is 0 Å². The van der Waals surface area contributed by atoms with Gasteiger partial charge in [-0.1, -0.05) is 12.1 Å². The molecule has 2 amide bonds. The molecule has 0 spiro atoms. The van der Waals surface area contributed by atoms with Crippen molar-refractivity contribution in [3.8, 4) is 0 Å². The van der Waals surface area contributed by atoms with Crippen LogP contribution in [0.4, 0.5) is 20.2 Å². The monoisotopic (exact) mass is 288 g/mol. The predicted molar refractivity (Wildman–Crippen MR) is 73.1 cm³/mol. The maximum atomic E-state index is 13.7. The van der Waals surface area contributed by atoms with E-state index in [4.69, 9.17) is 0 Å². The molecular formula is C15H10F2N2O2. The highest BCUT2D eigenvalue weighted by Crippen LogP contribution is 2.30. The lowest BCUT2D eigenvalue weighted by Gasteiger charge is -2.29. The third kappa shape index (κ3) is 2.35. The minimum absolute atomic E-state index is 0.216. The molecule has 6 heteroatoms. The van der Waals surface area contributed by atoms with Crippen molar-refractivity contribution in [2.75, 3.05) is 16.8 Å². The second-order valence-electron chi connectivity index (χ2n) is 4.58. The Hall–Kier alpha value is -2.76. The highest BCUT2D eigenvalue weighted by molar-refractivity contribution is 6.15. The number of fused-ring (bicyclic) bond motifs is 1. The first-order valence-corrected chi connectivity index (χ1v) is 6.22. The number of nitrogens with one attached hydrogen (secondary N) is 1. The molecule has 0 bridgehead atoms. The van der Waals surface area contributed by atoms with Crippen LogP contribution in [0, 0.1) is 11.6 Å². The molecule has 0 saturated heterocycles. The Morgan fingerprint density at radius 2 is 1.90 bits per heavy atom. The summed E-state index contributed by atoms with van der Waals surface area (Å²) < 4.78 is 26.7. The van der Waals surface area contributed by atoms with Crippen molar-refractivity contribution in [3.05, 3.63) is 59.7 Å². The molecule has 1 aliphatic heterocycles. The molecule has 2 aromatic rings. The smallest absolute Gasteiger partial charge is 0.261 e. The van der Waals surface area contributed by atoms with Crippen molar-refractivity contribution >= 4 is 23.2 Å².